The van der Waals surface area contributed by atoms with E-state index in [4.69, 9.17) is 4.74 Å². The van der Waals surface area contributed by atoms with Gasteiger partial charge in [0, 0.05) is 17.8 Å². The number of ether oxygens (including phenoxy) is 1. The Labute approximate surface area is 154 Å². The molecule has 0 saturated carbocycles. The summed E-state index contributed by atoms with van der Waals surface area (Å²) < 4.78 is 32.6. The maximum absolute atomic E-state index is 12.6. The van der Waals surface area contributed by atoms with E-state index in [0.717, 1.165) is 11.1 Å². The van der Waals surface area contributed by atoms with Gasteiger partial charge < -0.3 is 10.1 Å². The first-order valence-corrected chi connectivity index (χ1v) is 9.83. The Hall–Kier alpha value is -2.38. The zero-order valence-electron chi connectivity index (χ0n) is 15.4. The molecule has 0 fully saturated rings. The second kappa shape index (κ2) is 8.33. The molecule has 2 rings (SSSR count). The summed E-state index contributed by atoms with van der Waals surface area (Å²) in [5.41, 5.74) is 2.96. The van der Waals surface area contributed by atoms with Gasteiger partial charge in [0.15, 0.2) is 0 Å². The van der Waals surface area contributed by atoms with Gasteiger partial charge in [-0.2, -0.15) is 0 Å². The van der Waals surface area contributed by atoms with E-state index in [1.54, 1.807) is 0 Å². The number of methoxy groups -OCH3 is 1. The van der Waals surface area contributed by atoms with Crippen molar-refractivity contribution >= 4 is 21.6 Å². The summed E-state index contributed by atoms with van der Waals surface area (Å²) in [5, 5.41) is 2.83. The Bertz CT molecular complexity index is 908. The zero-order chi connectivity index (χ0) is 19.3. The van der Waals surface area contributed by atoms with Crippen molar-refractivity contribution in [1.82, 2.24) is 4.72 Å². The summed E-state index contributed by atoms with van der Waals surface area (Å²) in [6.07, 6.45) is 0.661. The molecular formula is C19H24N2O4S. The molecule has 0 atom stereocenters. The Balaban J connectivity index is 2.37. The van der Waals surface area contributed by atoms with Gasteiger partial charge in [-0.15, -0.1) is 0 Å². The Kier molecular flexibility index (Phi) is 6.39. The minimum atomic E-state index is -3.76. The van der Waals surface area contributed by atoms with Crippen LogP contribution < -0.4 is 14.8 Å². The van der Waals surface area contributed by atoms with Crippen LogP contribution in [-0.2, 0) is 10.0 Å². The number of hydrogen-bond acceptors (Lipinski definition) is 4. The number of carbonyl (C=O) groups excluding carboxylic acids is 1. The molecule has 6 nitrogen and oxygen atoms in total. The number of rotatable bonds is 7. The molecule has 0 aliphatic rings. The minimum Gasteiger partial charge on any atom is -0.495 e. The summed E-state index contributed by atoms with van der Waals surface area (Å²) >= 11 is 0. The van der Waals surface area contributed by atoms with Gasteiger partial charge in [0.25, 0.3) is 5.91 Å². The van der Waals surface area contributed by atoms with Crippen LogP contribution in [0.3, 0.4) is 0 Å². The van der Waals surface area contributed by atoms with Crippen LogP contribution in [0, 0.1) is 13.8 Å². The molecule has 0 aliphatic carbocycles. The highest BCUT2D eigenvalue weighted by atomic mass is 32.2. The Morgan fingerprint density at radius 3 is 2.54 bits per heavy atom. The summed E-state index contributed by atoms with van der Waals surface area (Å²) in [6, 6.07) is 9.98. The van der Waals surface area contributed by atoms with Crippen molar-refractivity contribution < 1.29 is 17.9 Å². The lowest BCUT2D eigenvalue weighted by molar-refractivity contribution is 0.102. The fraction of sp³-hybridized carbons (Fsp3) is 0.316. The van der Waals surface area contributed by atoms with E-state index in [9.17, 15) is 13.2 Å². The molecular weight excluding hydrogens is 352 g/mol. The van der Waals surface area contributed by atoms with Gasteiger partial charge in [-0.1, -0.05) is 19.1 Å². The number of amides is 1. The lowest BCUT2D eigenvalue weighted by atomic mass is 10.1. The minimum absolute atomic E-state index is 0.0536. The quantitative estimate of drug-likeness (QED) is 0.777. The first kappa shape index (κ1) is 19.9. The van der Waals surface area contributed by atoms with Crippen molar-refractivity contribution in [2.75, 3.05) is 19.0 Å². The number of nitrogens with one attached hydrogen (secondary N) is 2. The van der Waals surface area contributed by atoms with E-state index < -0.39 is 10.0 Å². The van der Waals surface area contributed by atoms with Crippen molar-refractivity contribution in [2.45, 2.75) is 32.1 Å². The number of aryl methyl sites for hydroxylation is 1. The molecule has 7 heteroatoms. The van der Waals surface area contributed by atoms with Crippen LogP contribution in [0.1, 0.15) is 34.8 Å². The van der Waals surface area contributed by atoms with E-state index in [1.807, 2.05) is 39.0 Å². The molecule has 0 heterocycles. The first-order chi connectivity index (χ1) is 12.3. The maximum Gasteiger partial charge on any atom is 0.255 e. The third-order valence-electron chi connectivity index (χ3n) is 4.11. The molecule has 0 aromatic heterocycles. The monoisotopic (exact) mass is 376 g/mol. The smallest absolute Gasteiger partial charge is 0.255 e. The molecule has 1 amide bonds. The first-order valence-electron chi connectivity index (χ1n) is 8.35. The van der Waals surface area contributed by atoms with Crippen molar-refractivity contribution in [2.24, 2.45) is 0 Å². The van der Waals surface area contributed by atoms with Crippen molar-refractivity contribution in [3.05, 3.63) is 53.1 Å². The number of hydrogen-bond donors (Lipinski definition) is 2. The van der Waals surface area contributed by atoms with Gasteiger partial charge in [-0.25, -0.2) is 13.1 Å². The van der Waals surface area contributed by atoms with Crippen LogP contribution in [-0.4, -0.2) is 28.0 Å². The third-order valence-corrected chi connectivity index (χ3v) is 5.59. The number of sulfonamides is 1. The lowest BCUT2D eigenvalue weighted by Gasteiger charge is -2.13. The van der Waals surface area contributed by atoms with Crippen LogP contribution >= 0.6 is 0 Å². The molecule has 26 heavy (non-hydrogen) atoms. The number of benzene rings is 2. The standard InChI is InChI=1S/C19H24N2O4S/c1-5-11-20-26(23,24)18-12-15(9-10-17(18)25-4)19(22)21-16-8-6-7-13(2)14(16)3/h6-10,12,20H,5,11H2,1-4H3,(H,21,22). The lowest BCUT2D eigenvalue weighted by Crippen LogP contribution is -2.25. The molecule has 2 aromatic carbocycles. The van der Waals surface area contributed by atoms with Gasteiger partial charge in [0.05, 0.1) is 7.11 Å². The van der Waals surface area contributed by atoms with E-state index >= 15 is 0 Å². The predicted octanol–water partition coefficient (Wildman–Crippen LogP) is 3.25. The summed E-state index contributed by atoms with van der Waals surface area (Å²) in [7, 11) is -2.37. The normalized spacial score (nSPS) is 11.2. The van der Waals surface area contributed by atoms with Gasteiger partial charge in [-0.3, -0.25) is 4.79 Å². The second-order valence-corrected chi connectivity index (χ2v) is 7.70. The molecule has 140 valence electrons. The highest BCUT2D eigenvalue weighted by molar-refractivity contribution is 7.89. The third kappa shape index (κ3) is 4.42. The highest BCUT2D eigenvalue weighted by Gasteiger charge is 2.21. The van der Waals surface area contributed by atoms with E-state index in [1.165, 1.54) is 25.3 Å². The Morgan fingerprint density at radius 1 is 1.15 bits per heavy atom. The molecule has 0 radical (unpaired) electrons. The van der Waals surface area contributed by atoms with Crippen LogP contribution in [0.4, 0.5) is 5.69 Å². The number of carbonyl (C=O) groups is 1. The molecule has 2 aromatic rings. The van der Waals surface area contributed by atoms with Crippen LogP contribution in [0.5, 0.6) is 5.75 Å². The van der Waals surface area contributed by atoms with Gasteiger partial charge in [-0.05, 0) is 55.7 Å². The highest BCUT2D eigenvalue weighted by Crippen LogP contribution is 2.26. The topological polar surface area (TPSA) is 84.5 Å². The molecule has 0 unspecified atom stereocenters. The van der Waals surface area contributed by atoms with E-state index in [0.29, 0.717) is 18.7 Å². The molecule has 2 N–H and O–H groups in total. The van der Waals surface area contributed by atoms with Crippen LogP contribution in [0.25, 0.3) is 0 Å². The average molecular weight is 376 g/mol. The van der Waals surface area contributed by atoms with Crippen LogP contribution in [0.2, 0.25) is 0 Å². The molecule has 0 spiro atoms. The summed E-state index contributed by atoms with van der Waals surface area (Å²) in [5.74, 6) is -0.190. The van der Waals surface area contributed by atoms with Crippen molar-refractivity contribution in [1.29, 1.82) is 0 Å². The largest absolute Gasteiger partial charge is 0.495 e. The average Bonchev–Trinajstić information content (AvgIpc) is 2.63. The SMILES string of the molecule is CCCNS(=O)(=O)c1cc(C(=O)Nc2cccc(C)c2C)ccc1OC. The van der Waals surface area contributed by atoms with Gasteiger partial charge in [0.2, 0.25) is 10.0 Å². The predicted molar refractivity (Wildman–Crippen MR) is 102 cm³/mol. The Morgan fingerprint density at radius 2 is 1.88 bits per heavy atom. The van der Waals surface area contributed by atoms with Crippen molar-refractivity contribution in [3.63, 3.8) is 0 Å². The summed E-state index contributed by atoms with van der Waals surface area (Å²) in [6.45, 7) is 6.06. The molecule has 0 saturated heterocycles. The maximum atomic E-state index is 12.6. The van der Waals surface area contributed by atoms with E-state index in [2.05, 4.69) is 10.0 Å². The molecule has 0 bridgehead atoms. The van der Waals surface area contributed by atoms with Crippen LogP contribution in [0.15, 0.2) is 41.3 Å². The fourth-order valence-corrected chi connectivity index (χ4v) is 3.75. The number of anilines is 1. The molecule has 0 aliphatic heterocycles. The summed E-state index contributed by atoms with van der Waals surface area (Å²) in [4.78, 5) is 12.5. The van der Waals surface area contributed by atoms with Crippen molar-refractivity contribution in [3.8, 4) is 5.75 Å². The van der Waals surface area contributed by atoms with E-state index in [-0.39, 0.29) is 22.1 Å². The van der Waals surface area contributed by atoms with Gasteiger partial charge >= 0.3 is 0 Å². The van der Waals surface area contributed by atoms with Gasteiger partial charge in [0.1, 0.15) is 10.6 Å². The zero-order valence-corrected chi connectivity index (χ0v) is 16.2. The fourth-order valence-electron chi connectivity index (χ4n) is 2.42. The second-order valence-electron chi connectivity index (χ2n) is 5.97.